The zero-order chi connectivity index (χ0) is 15.7. The third-order valence-corrected chi connectivity index (χ3v) is 5.19. The molecule has 2 aliphatic rings. The van der Waals surface area contributed by atoms with Gasteiger partial charge in [-0.05, 0) is 45.4 Å². The Morgan fingerprint density at radius 3 is 2.91 bits per heavy atom. The quantitative estimate of drug-likeness (QED) is 0.793. The number of fused-ring (bicyclic) bond motifs is 1. The lowest BCUT2D eigenvalue weighted by Gasteiger charge is -2.45. The minimum Gasteiger partial charge on any atom is -0.467 e. The lowest BCUT2D eigenvalue weighted by molar-refractivity contribution is -0.157. The van der Waals surface area contributed by atoms with Gasteiger partial charge in [0, 0.05) is 31.4 Å². The zero-order valence-electron chi connectivity index (χ0n) is 13.7. The van der Waals surface area contributed by atoms with Crippen molar-refractivity contribution in [1.29, 1.82) is 0 Å². The van der Waals surface area contributed by atoms with E-state index in [0.717, 1.165) is 31.0 Å². The van der Waals surface area contributed by atoms with Gasteiger partial charge in [0.2, 0.25) is 0 Å². The summed E-state index contributed by atoms with van der Waals surface area (Å²) in [4.78, 5) is 22.0. The summed E-state index contributed by atoms with van der Waals surface area (Å²) in [6, 6.07) is 6.41. The molecule has 120 valence electrons. The molecule has 1 aromatic rings. The summed E-state index contributed by atoms with van der Waals surface area (Å²) in [7, 11) is 1.46. The van der Waals surface area contributed by atoms with Crippen LogP contribution >= 0.6 is 0 Å². The fourth-order valence-electron chi connectivity index (χ4n) is 3.81. The van der Waals surface area contributed by atoms with Crippen LogP contribution in [-0.4, -0.2) is 60.1 Å². The van der Waals surface area contributed by atoms with E-state index in [9.17, 15) is 4.79 Å². The Kier molecular flexibility index (Phi) is 4.19. The van der Waals surface area contributed by atoms with E-state index in [1.54, 1.807) is 0 Å². The minimum absolute atomic E-state index is 0.225. The van der Waals surface area contributed by atoms with Crippen LogP contribution in [0.15, 0.2) is 18.2 Å². The van der Waals surface area contributed by atoms with Gasteiger partial charge in [-0.1, -0.05) is 6.07 Å². The van der Waals surface area contributed by atoms with E-state index >= 15 is 0 Å². The largest absolute Gasteiger partial charge is 0.467 e. The predicted molar refractivity (Wildman–Crippen MR) is 84.5 cm³/mol. The number of carbonyl (C=O) groups excluding carboxylic acids is 1. The molecule has 2 aliphatic heterocycles. The second kappa shape index (κ2) is 5.97. The zero-order valence-corrected chi connectivity index (χ0v) is 13.7. The summed E-state index contributed by atoms with van der Waals surface area (Å²) in [5, 5.41) is 0. The lowest BCUT2D eigenvalue weighted by Crippen LogP contribution is -2.60. The molecule has 2 saturated heterocycles. The topological polar surface area (TPSA) is 45.7 Å². The van der Waals surface area contributed by atoms with Gasteiger partial charge in [-0.25, -0.2) is 4.79 Å². The van der Waals surface area contributed by atoms with Crippen molar-refractivity contribution in [2.75, 3.05) is 33.3 Å². The van der Waals surface area contributed by atoms with Gasteiger partial charge in [0.05, 0.1) is 12.8 Å². The number of ether oxygens (including phenoxy) is 1. The Morgan fingerprint density at radius 1 is 1.36 bits per heavy atom. The molecule has 22 heavy (non-hydrogen) atoms. The first-order valence-electron chi connectivity index (χ1n) is 8.07. The Labute approximate surface area is 132 Å². The van der Waals surface area contributed by atoms with E-state index in [2.05, 4.69) is 14.8 Å². The highest BCUT2D eigenvalue weighted by Gasteiger charge is 2.47. The summed E-state index contributed by atoms with van der Waals surface area (Å²) >= 11 is 0. The molecule has 0 amide bonds. The number of methoxy groups -OCH3 is 1. The number of aromatic nitrogens is 1. The fourth-order valence-corrected chi connectivity index (χ4v) is 3.81. The number of nitrogens with zero attached hydrogens (tertiary/aromatic N) is 3. The Hall–Kier alpha value is -1.46. The molecule has 5 heteroatoms. The van der Waals surface area contributed by atoms with Gasteiger partial charge in [0.15, 0.2) is 5.54 Å². The molecule has 5 nitrogen and oxygen atoms in total. The van der Waals surface area contributed by atoms with Crippen molar-refractivity contribution >= 4 is 5.97 Å². The van der Waals surface area contributed by atoms with Crippen LogP contribution in [0, 0.1) is 6.92 Å². The molecule has 1 aromatic heterocycles. The normalized spacial score (nSPS) is 25.5. The fraction of sp³-hybridized carbons (Fsp3) is 0.647. The standard InChI is InChI=1S/C17H25N3O2/c1-13-6-4-8-15(18-13)17(2,16(21)22-3)20-11-10-19-9-5-7-14(19)12-20/h4,6,8,14H,5,7,9-12H2,1-3H3/t14-,17?/m1/s1. The monoisotopic (exact) mass is 303 g/mol. The molecule has 0 radical (unpaired) electrons. The van der Waals surface area contributed by atoms with Gasteiger partial charge in [-0.3, -0.25) is 14.8 Å². The molecule has 3 rings (SSSR count). The molecule has 2 fully saturated rings. The average Bonchev–Trinajstić information content (AvgIpc) is 3.00. The van der Waals surface area contributed by atoms with Gasteiger partial charge in [0.25, 0.3) is 0 Å². The van der Waals surface area contributed by atoms with E-state index in [-0.39, 0.29) is 5.97 Å². The average molecular weight is 303 g/mol. The maximum Gasteiger partial charge on any atom is 0.332 e. The number of aryl methyl sites for hydroxylation is 1. The third kappa shape index (κ3) is 2.52. The SMILES string of the molecule is COC(=O)C(C)(c1cccc(C)n1)N1CCN2CCC[C@@H]2C1. The Balaban J connectivity index is 1.94. The van der Waals surface area contributed by atoms with Gasteiger partial charge >= 0.3 is 5.97 Å². The molecule has 0 aromatic carbocycles. The molecule has 0 bridgehead atoms. The van der Waals surface area contributed by atoms with Crippen LogP contribution in [0.25, 0.3) is 0 Å². The van der Waals surface area contributed by atoms with Crippen molar-refractivity contribution < 1.29 is 9.53 Å². The smallest absolute Gasteiger partial charge is 0.332 e. The van der Waals surface area contributed by atoms with Crippen LogP contribution in [0.1, 0.15) is 31.2 Å². The van der Waals surface area contributed by atoms with Crippen LogP contribution in [0.4, 0.5) is 0 Å². The number of piperazine rings is 1. The number of esters is 1. The first-order chi connectivity index (χ1) is 10.6. The maximum atomic E-state index is 12.6. The van der Waals surface area contributed by atoms with Crippen LogP contribution in [-0.2, 0) is 15.1 Å². The Morgan fingerprint density at radius 2 is 2.18 bits per heavy atom. The van der Waals surface area contributed by atoms with Gasteiger partial charge < -0.3 is 4.74 Å². The molecule has 2 atom stereocenters. The first kappa shape index (κ1) is 15.4. The van der Waals surface area contributed by atoms with E-state index in [1.165, 1.54) is 26.5 Å². The molecule has 0 N–H and O–H groups in total. The van der Waals surface area contributed by atoms with Gasteiger partial charge in [-0.15, -0.1) is 0 Å². The second-order valence-electron chi connectivity index (χ2n) is 6.51. The van der Waals surface area contributed by atoms with Crippen molar-refractivity contribution in [2.24, 2.45) is 0 Å². The molecule has 0 aliphatic carbocycles. The number of hydrogen-bond acceptors (Lipinski definition) is 5. The second-order valence-corrected chi connectivity index (χ2v) is 6.51. The highest BCUT2D eigenvalue weighted by Crippen LogP contribution is 2.33. The van der Waals surface area contributed by atoms with Crippen LogP contribution in [0.3, 0.4) is 0 Å². The van der Waals surface area contributed by atoms with Gasteiger partial charge in [-0.2, -0.15) is 0 Å². The van der Waals surface area contributed by atoms with Gasteiger partial charge in [0.1, 0.15) is 0 Å². The number of pyridine rings is 1. The minimum atomic E-state index is -0.810. The number of rotatable bonds is 3. The summed E-state index contributed by atoms with van der Waals surface area (Å²) in [5.74, 6) is -0.225. The lowest BCUT2D eigenvalue weighted by atomic mass is 9.92. The summed E-state index contributed by atoms with van der Waals surface area (Å²) < 4.78 is 5.14. The third-order valence-electron chi connectivity index (χ3n) is 5.19. The number of hydrogen-bond donors (Lipinski definition) is 0. The first-order valence-corrected chi connectivity index (χ1v) is 8.07. The summed E-state index contributed by atoms with van der Waals surface area (Å²) in [6.45, 7) is 7.89. The summed E-state index contributed by atoms with van der Waals surface area (Å²) in [5.41, 5.74) is 0.896. The van der Waals surface area contributed by atoms with Crippen molar-refractivity contribution in [3.05, 3.63) is 29.6 Å². The van der Waals surface area contributed by atoms with Crippen molar-refractivity contribution in [2.45, 2.75) is 38.3 Å². The molecule has 1 unspecified atom stereocenters. The van der Waals surface area contributed by atoms with Crippen molar-refractivity contribution in [3.8, 4) is 0 Å². The highest BCUT2D eigenvalue weighted by atomic mass is 16.5. The number of carbonyl (C=O) groups is 1. The van der Waals surface area contributed by atoms with E-state index in [4.69, 9.17) is 4.74 Å². The van der Waals surface area contributed by atoms with E-state index in [0.29, 0.717) is 6.04 Å². The van der Waals surface area contributed by atoms with E-state index in [1.807, 2.05) is 32.0 Å². The molecule has 0 spiro atoms. The molecular formula is C17H25N3O2. The summed E-state index contributed by atoms with van der Waals surface area (Å²) in [6.07, 6.45) is 2.48. The maximum absolute atomic E-state index is 12.6. The van der Waals surface area contributed by atoms with E-state index < -0.39 is 5.54 Å². The predicted octanol–water partition coefficient (Wildman–Crippen LogP) is 1.56. The van der Waals surface area contributed by atoms with Crippen LogP contribution in [0.2, 0.25) is 0 Å². The van der Waals surface area contributed by atoms with Crippen LogP contribution < -0.4 is 0 Å². The van der Waals surface area contributed by atoms with Crippen molar-refractivity contribution in [3.63, 3.8) is 0 Å². The highest BCUT2D eigenvalue weighted by molar-refractivity contribution is 5.81. The Bertz CT molecular complexity index is 563. The van der Waals surface area contributed by atoms with Crippen molar-refractivity contribution in [1.82, 2.24) is 14.8 Å². The molecule has 3 heterocycles. The van der Waals surface area contributed by atoms with Crippen LogP contribution in [0.5, 0.6) is 0 Å². The molecular weight excluding hydrogens is 278 g/mol. The molecule has 0 saturated carbocycles.